The molecular formula is C15H29NO6S7. The highest BCUT2D eigenvalue weighted by Crippen LogP contribution is 2.29. The van der Waals surface area contributed by atoms with Crippen molar-refractivity contribution in [2.24, 2.45) is 5.92 Å². The summed E-state index contributed by atoms with van der Waals surface area (Å²) in [4.78, 5) is 12.2. The molecule has 0 radical (unpaired) electrons. The molecule has 0 saturated carbocycles. The molecule has 0 heterocycles. The van der Waals surface area contributed by atoms with Gasteiger partial charge in [-0.15, -0.1) is 11.8 Å². The quantitative estimate of drug-likeness (QED) is 0.180. The largest absolute Gasteiger partial charge is 0.355 e. The van der Waals surface area contributed by atoms with Crippen LogP contribution in [0.2, 0.25) is 0 Å². The smallest absolute Gasteiger partial charge is 0.277 e. The van der Waals surface area contributed by atoms with E-state index >= 15 is 0 Å². The van der Waals surface area contributed by atoms with Crippen LogP contribution in [0.5, 0.6) is 0 Å². The Labute approximate surface area is 197 Å². The Morgan fingerprint density at radius 2 is 1.76 bits per heavy atom. The van der Waals surface area contributed by atoms with Gasteiger partial charge in [0.15, 0.2) is 9.84 Å². The first-order valence-corrected chi connectivity index (χ1v) is 16.9. The lowest BCUT2D eigenvalue weighted by molar-refractivity contribution is -0.124. The summed E-state index contributed by atoms with van der Waals surface area (Å²) in [6.45, 7) is 3.83. The molecule has 0 spiro atoms. The number of carbonyl (C=O) groups excluding carboxylic acids is 1. The summed E-state index contributed by atoms with van der Waals surface area (Å²) in [5.74, 6) is 1.66. The SMILES string of the molecule is CCSC(=S)SC(CC(C)C(=O)NCCSCCS(=O)(=O)CCSC)S(=O)(=O)O. The zero-order chi connectivity index (χ0) is 22.5. The number of hydrogen-bond acceptors (Lipinski definition) is 10. The van der Waals surface area contributed by atoms with Crippen molar-refractivity contribution >= 4 is 88.7 Å². The van der Waals surface area contributed by atoms with Crippen molar-refractivity contribution in [1.82, 2.24) is 5.32 Å². The van der Waals surface area contributed by atoms with Gasteiger partial charge in [0.05, 0.1) is 11.5 Å². The molecule has 0 aliphatic rings. The Morgan fingerprint density at radius 3 is 2.31 bits per heavy atom. The highest BCUT2D eigenvalue weighted by Gasteiger charge is 2.29. The van der Waals surface area contributed by atoms with Crippen molar-refractivity contribution in [1.29, 1.82) is 0 Å². The molecule has 172 valence electrons. The molecule has 0 bridgehead atoms. The van der Waals surface area contributed by atoms with E-state index in [0.29, 0.717) is 33.1 Å². The van der Waals surface area contributed by atoms with Crippen LogP contribution in [0.4, 0.5) is 0 Å². The molecule has 0 fully saturated rings. The van der Waals surface area contributed by atoms with E-state index in [1.807, 2.05) is 13.2 Å². The Balaban J connectivity index is 4.30. The van der Waals surface area contributed by atoms with Gasteiger partial charge in [-0.25, -0.2) is 8.42 Å². The van der Waals surface area contributed by atoms with Crippen molar-refractivity contribution in [2.45, 2.75) is 24.9 Å². The first-order valence-electron chi connectivity index (χ1n) is 8.77. The van der Waals surface area contributed by atoms with Crippen LogP contribution in [0.3, 0.4) is 0 Å². The van der Waals surface area contributed by atoms with Gasteiger partial charge in [0, 0.05) is 29.7 Å². The second-order valence-corrected chi connectivity index (χ2v) is 16.0. The van der Waals surface area contributed by atoms with Gasteiger partial charge in [0.1, 0.15) is 8.11 Å². The zero-order valence-electron chi connectivity index (χ0n) is 16.7. The predicted molar refractivity (Wildman–Crippen MR) is 135 cm³/mol. The van der Waals surface area contributed by atoms with Gasteiger partial charge in [0.2, 0.25) is 5.91 Å². The third kappa shape index (κ3) is 15.3. The van der Waals surface area contributed by atoms with Crippen molar-refractivity contribution < 1.29 is 26.2 Å². The van der Waals surface area contributed by atoms with E-state index < -0.39 is 30.5 Å². The van der Waals surface area contributed by atoms with Crippen LogP contribution in [-0.4, -0.2) is 82.7 Å². The average molecular weight is 544 g/mol. The predicted octanol–water partition coefficient (Wildman–Crippen LogP) is 2.62. The third-order valence-electron chi connectivity index (χ3n) is 3.50. The van der Waals surface area contributed by atoms with Crippen molar-refractivity contribution in [3.63, 3.8) is 0 Å². The number of thiocarbonyl (C=S) groups is 1. The molecule has 0 aromatic heterocycles. The van der Waals surface area contributed by atoms with Crippen molar-refractivity contribution in [3.05, 3.63) is 0 Å². The van der Waals surface area contributed by atoms with Crippen LogP contribution in [0.15, 0.2) is 0 Å². The normalized spacial score (nSPS) is 14.3. The van der Waals surface area contributed by atoms with E-state index in [2.05, 4.69) is 5.32 Å². The van der Waals surface area contributed by atoms with Gasteiger partial charge in [-0.05, 0) is 18.4 Å². The number of hydrogen-bond donors (Lipinski definition) is 2. The molecule has 2 unspecified atom stereocenters. The maximum Gasteiger partial charge on any atom is 0.277 e. The summed E-state index contributed by atoms with van der Waals surface area (Å²) in [6, 6.07) is 0. The molecule has 29 heavy (non-hydrogen) atoms. The second-order valence-electron chi connectivity index (χ2n) is 5.93. The molecule has 0 aliphatic heterocycles. The number of carbonyl (C=O) groups is 1. The van der Waals surface area contributed by atoms with E-state index in [1.165, 1.54) is 35.3 Å². The topological polar surface area (TPSA) is 118 Å². The van der Waals surface area contributed by atoms with Crippen LogP contribution >= 0.6 is 59.3 Å². The van der Waals surface area contributed by atoms with E-state index in [4.69, 9.17) is 12.2 Å². The zero-order valence-corrected chi connectivity index (χ0v) is 22.4. The van der Waals surface area contributed by atoms with Crippen LogP contribution in [-0.2, 0) is 24.7 Å². The lowest BCUT2D eigenvalue weighted by Gasteiger charge is -2.18. The van der Waals surface area contributed by atoms with Gasteiger partial charge in [-0.1, -0.05) is 37.8 Å². The summed E-state index contributed by atoms with van der Waals surface area (Å²) in [7, 11) is -7.37. The minimum Gasteiger partial charge on any atom is -0.355 e. The van der Waals surface area contributed by atoms with Gasteiger partial charge < -0.3 is 5.32 Å². The molecule has 0 aromatic rings. The first kappa shape index (κ1) is 29.8. The molecule has 1 amide bonds. The second kappa shape index (κ2) is 15.6. The maximum atomic E-state index is 12.2. The van der Waals surface area contributed by atoms with Crippen molar-refractivity contribution in [3.8, 4) is 0 Å². The maximum absolute atomic E-state index is 12.2. The minimum absolute atomic E-state index is 0.0550. The lowest BCUT2D eigenvalue weighted by Crippen LogP contribution is -2.34. The number of rotatable bonds is 15. The molecule has 0 rings (SSSR count). The van der Waals surface area contributed by atoms with Gasteiger partial charge >= 0.3 is 0 Å². The lowest BCUT2D eigenvalue weighted by atomic mass is 10.1. The Bertz CT molecular complexity index is 711. The summed E-state index contributed by atoms with van der Waals surface area (Å²) in [6.07, 6.45) is 1.81. The fourth-order valence-corrected chi connectivity index (χ4v) is 9.91. The standard InChI is InChI=1S/C15H29NO6S7/c1-4-26-15(23)27-13(29(20,21)22)11-12(2)14(17)16-5-6-25-8-10-28(18,19)9-7-24-3/h12-13H,4-11H2,1-3H3,(H,16,17)(H,20,21,22). The Kier molecular flexibility index (Phi) is 16.0. The Morgan fingerprint density at radius 1 is 1.14 bits per heavy atom. The fourth-order valence-electron chi connectivity index (χ4n) is 1.91. The van der Waals surface area contributed by atoms with Gasteiger partial charge in [-0.2, -0.15) is 31.9 Å². The molecule has 0 saturated heterocycles. The molecule has 0 aliphatic carbocycles. The monoisotopic (exact) mass is 543 g/mol. The van der Waals surface area contributed by atoms with Gasteiger partial charge in [-0.3, -0.25) is 9.35 Å². The summed E-state index contributed by atoms with van der Waals surface area (Å²) in [5.41, 5.74) is 0. The third-order valence-corrected chi connectivity index (χ3v) is 11.6. The Hall–Kier alpha value is 0.820. The highest BCUT2D eigenvalue weighted by molar-refractivity contribution is 8.48. The molecular weight excluding hydrogens is 515 g/mol. The highest BCUT2D eigenvalue weighted by atomic mass is 32.3. The molecule has 2 N–H and O–H groups in total. The van der Waals surface area contributed by atoms with E-state index in [1.54, 1.807) is 6.92 Å². The molecule has 0 aromatic carbocycles. The van der Waals surface area contributed by atoms with E-state index in [-0.39, 0.29) is 23.8 Å². The molecule has 2 atom stereocenters. The summed E-state index contributed by atoms with van der Waals surface area (Å²) in [5, 5.41) is 2.71. The minimum atomic E-state index is -4.34. The number of nitrogens with one attached hydrogen (secondary N) is 1. The van der Waals surface area contributed by atoms with E-state index in [9.17, 15) is 26.2 Å². The number of thioether (sulfide) groups is 4. The van der Waals surface area contributed by atoms with Crippen LogP contribution in [0, 0.1) is 5.92 Å². The van der Waals surface area contributed by atoms with Gasteiger partial charge in [0.25, 0.3) is 10.1 Å². The van der Waals surface area contributed by atoms with E-state index in [0.717, 1.165) is 11.8 Å². The van der Waals surface area contributed by atoms with Crippen LogP contribution in [0.1, 0.15) is 20.3 Å². The molecule has 7 nitrogen and oxygen atoms in total. The molecule has 14 heteroatoms. The number of amides is 1. The van der Waals surface area contributed by atoms with Crippen LogP contribution in [0.25, 0.3) is 0 Å². The van der Waals surface area contributed by atoms with Crippen LogP contribution < -0.4 is 5.32 Å². The van der Waals surface area contributed by atoms with Crippen molar-refractivity contribution in [2.75, 3.05) is 47.3 Å². The fraction of sp³-hybridized carbons (Fsp3) is 0.867. The summed E-state index contributed by atoms with van der Waals surface area (Å²) < 4.78 is 55.3. The first-order chi connectivity index (χ1) is 13.4. The average Bonchev–Trinajstić information content (AvgIpc) is 2.61. The number of sulfone groups is 1. The summed E-state index contributed by atoms with van der Waals surface area (Å²) >= 11 is 10.2.